The third kappa shape index (κ3) is 3.06. The minimum Gasteiger partial charge on any atom is -0.478 e. The Hall–Kier alpha value is -3.80. The van der Waals surface area contributed by atoms with Crippen LogP contribution in [0.2, 0.25) is 0 Å². The molecule has 1 atom stereocenters. The summed E-state index contributed by atoms with van der Waals surface area (Å²) in [6.07, 6.45) is -0.916. The van der Waals surface area contributed by atoms with E-state index in [1.165, 1.54) is 5.52 Å². The standard InChI is InChI=1S/C24H21N3O3/c1-2-27-19-9-5-3-7-16(19)17-13-15(11-12-20(17)27)25-23(28)14-22-24(29)26-18-8-4-6-10-21(18)30-22/h3-13,22H,2,14H2,1H3,(H,25,28)(H,26,29)/t22-/m1/s1. The Bertz CT molecular complexity index is 1290. The highest BCUT2D eigenvalue weighted by atomic mass is 16.5. The van der Waals surface area contributed by atoms with Crippen molar-refractivity contribution in [1.29, 1.82) is 0 Å². The molecule has 0 radical (unpaired) electrons. The number of hydrogen-bond acceptors (Lipinski definition) is 3. The third-order valence-corrected chi connectivity index (χ3v) is 5.45. The molecule has 30 heavy (non-hydrogen) atoms. The van der Waals surface area contributed by atoms with Gasteiger partial charge in [-0.05, 0) is 43.3 Å². The number of anilines is 2. The molecule has 2 amide bonds. The van der Waals surface area contributed by atoms with Crippen molar-refractivity contribution in [1.82, 2.24) is 4.57 Å². The van der Waals surface area contributed by atoms with E-state index in [-0.39, 0.29) is 18.2 Å². The van der Waals surface area contributed by atoms with Crippen LogP contribution in [-0.4, -0.2) is 22.5 Å². The summed E-state index contributed by atoms with van der Waals surface area (Å²) in [6.45, 7) is 2.99. The molecular weight excluding hydrogens is 378 g/mol. The molecule has 1 aliphatic heterocycles. The molecule has 150 valence electrons. The van der Waals surface area contributed by atoms with Gasteiger partial charge >= 0.3 is 0 Å². The molecule has 0 aliphatic carbocycles. The number of ether oxygens (including phenoxy) is 1. The highest BCUT2D eigenvalue weighted by Crippen LogP contribution is 2.32. The number of benzene rings is 3. The molecule has 1 aromatic heterocycles. The summed E-state index contributed by atoms with van der Waals surface area (Å²) < 4.78 is 7.98. The molecule has 4 aromatic rings. The first-order valence-corrected chi connectivity index (χ1v) is 10.0. The number of nitrogens with zero attached hydrogens (tertiary/aromatic N) is 1. The summed E-state index contributed by atoms with van der Waals surface area (Å²) in [6, 6.07) is 21.3. The van der Waals surface area contributed by atoms with Crippen LogP contribution < -0.4 is 15.4 Å². The van der Waals surface area contributed by atoms with E-state index >= 15 is 0 Å². The Kier molecular flexibility index (Phi) is 4.39. The fraction of sp³-hybridized carbons (Fsp3) is 0.167. The van der Waals surface area contributed by atoms with Gasteiger partial charge in [0.1, 0.15) is 5.75 Å². The molecule has 2 N–H and O–H groups in total. The van der Waals surface area contributed by atoms with Crippen LogP contribution in [0.25, 0.3) is 21.8 Å². The minimum atomic E-state index is -0.856. The molecule has 6 heteroatoms. The van der Waals surface area contributed by atoms with E-state index in [0.29, 0.717) is 17.1 Å². The van der Waals surface area contributed by atoms with Crippen molar-refractivity contribution in [3.63, 3.8) is 0 Å². The number of carbonyl (C=O) groups is 2. The first-order chi connectivity index (χ1) is 14.6. The summed E-state index contributed by atoms with van der Waals surface area (Å²) in [7, 11) is 0. The van der Waals surface area contributed by atoms with E-state index in [1.807, 2.05) is 42.5 Å². The van der Waals surface area contributed by atoms with E-state index in [4.69, 9.17) is 4.74 Å². The van der Waals surface area contributed by atoms with Crippen LogP contribution in [0, 0.1) is 0 Å². The molecule has 0 saturated heterocycles. The van der Waals surface area contributed by atoms with Crippen LogP contribution in [0.4, 0.5) is 11.4 Å². The SMILES string of the molecule is CCn1c2ccccc2c2cc(NC(=O)C[C@H]3Oc4ccccc4NC3=O)ccc21. The van der Waals surface area contributed by atoms with Crippen LogP contribution in [0.15, 0.2) is 66.7 Å². The van der Waals surface area contributed by atoms with Crippen molar-refractivity contribution >= 4 is 45.0 Å². The predicted molar refractivity (Wildman–Crippen MR) is 118 cm³/mol. The van der Waals surface area contributed by atoms with E-state index in [2.05, 4.69) is 34.3 Å². The molecule has 3 aromatic carbocycles. The van der Waals surface area contributed by atoms with E-state index in [0.717, 1.165) is 22.8 Å². The Morgan fingerprint density at radius 3 is 2.67 bits per heavy atom. The Labute approximate surface area is 173 Å². The van der Waals surface area contributed by atoms with E-state index < -0.39 is 6.10 Å². The zero-order chi connectivity index (χ0) is 20.7. The van der Waals surface area contributed by atoms with Crippen molar-refractivity contribution < 1.29 is 14.3 Å². The quantitative estimate of drug-likeness (QED) is 0.529. The molecular formula is C24H21N3O3. The molecule has 0 bridgehead atoms. The average molecular weight is 399 g/mol. The predicted octanol–water partition coefficient (Wildman–Crippen LogP) is 4.54. The van der Waals surface area contributed by atoms with Crippen molar-refractivity contribution in [2.75, 3.05) is 10.6 Å². The summed E-state index contributed by atoms with van der Waals surface area (Å²) >= 11 is 0. The number of para-hydroxylation sites is 3. The number of hydrogen-bond donors (Lipinski definition) is 2. The maximum absolute atomic E-state index is 12.6. The fourth-order valence-electron chi connectivity index (χ4n) is 4.08. The Balaban J connectivity index is 1.37. The summed E-state index contributed by atoms with van der Waals surface area (Å²) in [5.74, 6) is -0.0119. The molecule has 0 fully saturated rings. The Morgan fingerprint density at radius 2 is 1.80 bits per heavy atom. The second-order valence-corrected chi connectivity index (χ2v) is 7.34. The maximum atomic E-state index is 12.6. The van der Waals surface area contributed by atoms with Gasteiger partial charge in [0.25, 0.3) is 5.91 Å². The molecule has 0 unspecified atom stereocenters. The molecule has 2 heterocycles. The topological polar surface area (TPSA) is 72.4 Å². The number of fused-ring (bicyclic) bond motifs is 4. The zero-order valence-electron chi connectivity index (χ0n) is 16.5. The van der Waals surface area contributed by atoms with Crippen LogP contribution in [-0.2, 0) is 16.1 Å². The minimum absolute atomic E-state index is 0.0606. The highest BCUT2D eigenvalue weighted by molar-refractivity contribution is 6.10. The van der Waals surface area contributed by atoms with Crippen LogP contribution in [0.3, 0.4) is 0 Å². The molecule has 5 rings (SSSR count). The van der Waals surface area contributed by atoms with Gasteiger partial charge in [-0.2, -0.15) is 0 Å². The first kappa shape index (κ1) is 18.2. The number of aryl methyl sites for hydroxylation is 1. The molecule has 0 spiro atoms. The van der Waals surface area contributed by atoms with Gasteiger partial charge in [-0.1, -0.05) is 30.3 Å². The van der Waals surface area contributed by atoms with Gasteiger partial charge in [0.15, 0.2) is 6.10 Å². The average Bonchev–Trinajstić information content (AvgIpc) is 3.07. The fourth-order valence-corrected chi connectivity index (χ4v) is 4.08. The summed E-state index contributed by atoms with van der Waals surface area (Å²) in [4.78, 5) is 24.9. The van der Waals surface area contributed by atoms with E-state index in [1.54, 1.807) is 12.1 Å². The van der Waals surface area contributed by atoms with Gasteiger partial charge < -0.3 is 19.9 Å². The molecule has 1 aliphatic rings. The maximum Gasteiger partial charge on any atom is 0.266 e. The summed E-state index contributed by atoms with van der Waals surface area (Å²) in [5.41, 5.74) is 3.62. The normalized spacial score (nSPS) is 15.5. The van der Waals surface area contributed by atoms with Crippen LogP contribution in [0.1, 0.15) is 13.3 Å². The zero-order valence-corrected chi connectivity index (χ0v) is 16.5. The number of carbonyl (C=O) groups excluding carboxylic acids is 2. The lowest BCUT2D eigenvalue weighted by molar-refractivity contribution is -0.128. The second-order valence-electron chi connectivity index (χ2n) is 7.34. The van der Waals surface area contributed by atoms with Gasteiger partial charge in [-0.3, -0.25) is 9.59 Å². The van der Waals surface area contributed by atoms with E-state index in [9.17, 15) is 9.59 Å². The van der Waals surface area contributed by atoms with Crippen molar-refractivity contribution in [2.24, 2.45) is 0 Å². The van der Waals surface area contributed by atoms with Gasteiger partial charge in [0.05, 0.1) is 12.1 Å². The smallest absolute Gasteiger partial charge is 0.266 e. The van der Waals surface area contributed by atoms with Crippen molar-refractivity contribution in [3.8, 4) is 5.75 Å². The van der Waals surface area contributed by atoms with Gasteiger partial charge in [-0.15, -0.1) is 0 Å². The third-order valence-electron chi connectivity index (χ3n) is 5.45. The molecule has 0 saturated carbocycles. The summed E-state index contributed by atoms with van der Waals surface area (Å²) in [5, 5.41) is 7.93. The number of nitrogens with one attached hydrogen (secondary N) is 2. The lowest BCUT2D eigenvalue weighted by atomic mass is 10.1. The van der Waals surface area contributed by atoms with Crippen molar-refractivity contribution in [2.45, 2.75) is 26.0 Å². The number of aromatic nitrogens is 1. The van der Waals surface area contributed by atoms with Gasteiger partial charge in [0.2, 0.25) is 5.91 Å². The van der Waals surface area contributed by atoms with Crippen LogP contribution in [0.5, 0.6) is 5.75 Å². The molecule has 6 nitrogen and oxygen atoms in total. The highest BCUT2D eigenvalue weighted by Gasteiger charge is 2.29. The number of rotatable bonds is 4. The van der Waals surface area contributed by atoms with Gasteiger partial charge in [0, 0.05) is 34.0 Å². The Morgan fingerprint density at radius 1 is 1.03 bits per heavy atom. The van der Waals surface area contributed by atoms with Crippen LogP contribution >= 0.6 is 0 Å². The largest absolute Gasteiger partial charge is 0.478 e. The second kappa shape index (κ2) is 7.22. The number of amides is 2. The van der Waals surface area contributed by atoms with Crippen molar-refractivity contribution in [3.05, 3.63) is 66.7 Å². The lowest BCUT2D eigenvalue weighted by Gasteiger charge is -2.25. The monoisotopic (exact) mass is 399 g/mol. The first-order valence-electron chi connectivity index (χ1n) is 10.0. The lowest BCUT2D eigenvalue weighted by Crippen LogP contribution is -2.39. The van der Waals surface area contributed by atoms with Gasteiger partial charge in [-0.25, -0.2) is 0 Å².